The molecule has 3 saturated carbocycles. The van der Waals surface area contributed by atoms with Crippen molar-refractivity contribution < 1.29 is 48.0 Å². The summed E-state index contributed by atoms with van der Waals surface area (Å²) < 4.78 is 8.50. The molecule has 3 aliphatic rings. The number of hydrogen-bond acceptors (Lipinski definition) is 5. The quantitative estimate of drug-likeness (QED) is 0.158. The lowest BCUT2D eigenvalue weighted by Gasteiger charge is -2.61. The lowest BCUT2D eigenvalue weighted by atomic mass is 9.44. The predicted molar refractivity (Wildman–Crippen MR) is 162 cm³/mol. The molecule has 2 aromatic rings. The van der Waals surface area contributed by atoms with E-state index in [-0.39, 0.29) is 64.7 Å². The Balaban J connectivity index is 0.00000405. The fourth-order valence-corrected chi connectivity index (χ4v) is 9.05. The number of aliphatic hydroxyl groups is 1. The minimum absolute atomic E-state index is 0. The van der Waals surface area contributed by atoms with Gasteiger partial charge in [0.1, 0.15) is 11.9 Å². The van der Waals surface area contributed by atoms with Gasteiger partial charge in [-0.05, 0) is 49.9 Å². The summed E-state index contributed by atoms with van der Waals surface area (Å²) in [6, 6.07) is 12.6. The van der Waals surface area contributed by atoms with Crippen molar-refractivity contribution in [3.05, 3.63) is 72.6 Å². The van der Waals surface area contributed by atoms with Crippen molar-refractivity contribution in [3.8, 4) is 0 Å². The number of aliphatic hydroxyl groups excluding tert-OH is 1. The summed E-state index contributed by atoms with van der Waals surface area (Å²) in [7, 11) is 0. The summed E-state index contributed by atoms with van der Waals surface area (Å²) in [5, 5.41) is 11.7. The molecule has 7 heteroatoms. The molecule has 0 amide bonds. The predicted octanol–water partition coefficient (Wildman–Crippen LogP) is 3.33. The van der Waals surface area contributed by atoms with Crippen LogP contribution in [0.3, 0.4) is 0 Å². The van der Waals surface area contributed by atoms with Crippen LogP contribution in [0.4, 0.5) is 0 Å². The largest absolute Gasteiger partial charge is 1.00 e. The molecule has 5 rings (SSSR count). The van der Waals surface area contributed by atoms with Gasteiger partial charge in [0.05, 0.1) is 11.9 Å². The molecular weight excluding hydrogens is 657 g/mol. The SMILES string of the molecule is C=C[C@]1(C)C[C@@H](OC(=O)CSc2cc[n+](Cc3ccc(C)cc3)cc2)[C@]2(C)[C@H](C)CC[C@]3(CCC(=O)[C@H]32)[C@@H](C)[C@@H]1O.[I-]. The van der Waals surface area contributed by atoms with Crippen LogP contribution in [0.15, 0.2) is 66.3 Å². The summed E-state index contributed by atoms with van der Waals surface area (Å²) >= 11 is 1.47. The van der Waals surface area contributed by atoms with E-state index in [1.54, 1.807) is 0 Å². The maximum absolute atomic E-state index is 13.6. The Morgan fingerprint density at radius 2 is 1.81 bits per heavy atom. The van der Waals surface area contributed by atoms with Crippen LogP contribution in [0.2, 0.25) is 0 Å². The van der Waals surface area contributed by atoms with Gasteiger partial charge in [-0.1, -0.05) is 63.6 Å². The lowest BCUT2D eigenvalue weighted by molar-refractivity contribution is -0.688. The number of aromatic nitrogens is 1. The molecule has 1 N–H and O–H groups in total. The maximum atomic E-state index is 13.6. The van der Waals surface area contributed by atoms with Crippen molar-refractivity contribution in [3.63, 3.8) is 0 Å². The molecule has 1 aromatic heterocycles. The monoisotopic (exact) mass is 703 g/mol. The van der Waals surface area contributed by atoms with Gasteiger partial charge < -0.3 is 33.8 Å². The Labute approximate surface area is 272 Å². The highest BCUT2D eigenvalue weighted by Gasteiger charge is 2.68. The summed E-state index contributed by atoms with van der Waals surface area (Å²) in [5.74, 6) is 0.174. The maximum Gasteiger partial charge on any atom is 0.316 e. The van der Waals surface area contributed by atoms with E-state index in [1.165, 1.54) is 22.9 Å². The highest BCUT2D eigenvalue weighted by Crippen LogP contribution is 2.68. The highest BCUT2D eigenvalue weighted by atomic mass is 127. The van der Waals surface area contributed by atoms with Gasteiger partial charge >= 0.3 is 5.97 Å². The molecule has 1 aromatic carbocycles. The molecule has 0 saturated heterocycles. The van der Waals surface area contributed by atoms with Crippen molar-refractivity contribution >= 4 is 23.5 Å². The zero-order valence-electron chi connectivity index (χ0n) is 25.6. The van der Waals surface area contributed by atoms with Crippen molar-refractivity contribution in [2.75, 3.05) is 5.75 Å². The Morgan fingerprint density at radius 3 is 2.45 bits per heavy atom. The Hall–Kier alpha value is -1.71. The number of ketones is 1. The summed E-state index contributed by atoms with van der Waals surface area (Å²) in [6.45, 7) is 15.5. The van der Waals surface area contributed by atoms with E-state index >= 15 is 0 Å². The van der Waals surface area contributed by atoms with Gasteiger partial charge in [0, 0.05) is 45.8 Å². The average Bonchev–Trinajstić information content (AvgIpc) is 3.32. The van der Waals surface area contributed by atoms with Crippen molar-refractivity contribution in [2.24, 2.45) is 34.0 Å². The van der Waals surface area contributed by atoms with Crippen molar-refractivity contribution in [1.29, 1.82) is 0 Å². The number of Topliss-reactive ketones (excluding diaryl/α,β-unsaturated/α-hetero) is 1. The zero-order valence-corrected chi connectivity index (χ0v) is 28.6. The van der Waals surface area contributed by atoms with Crippen LogP contribution < -0.4 is 28.5 Å². The molecule has 0 aliphatic heterocycles. The molecule has 0 unspecified atom stereocenters. The van der Waals surface area contributed by atoms with Gasteiger partial charge in [-0.3, -0.25) is 9.59 Å². The number of esters is 1. The zero-order chi connectivity index (χ0) is 29.6. The highest BCUT2D eigenvalue weighted by molar-refractivity contribution is 8.00. The molecule has 228 valence electrons. The van der Waals surface area contributed by atoms with Gasteiger partial charge in [0.15, 0.2) is 18.9 Å². The average molecular weight is 704 g/mol. The van der Waals surface area contributed by atoms with E-state index in [1.807, 2.05) is 37.5 Å². The molecule has 3 aliphatic carbocycles. The minimum atomic E-state index is -0.655. The molecule has 5 nitrogen and oxygen atoms in total. The van der Waals surface area contributed by atoms with E-state index in [2.05, 4.69) is 63.1 Å². The molecule has 2 bridgehead atoms. The van der Waals surface area contributed by atoms with Crippen LogP contribution >= 0.6 is 11.8 Å². The van der Waals surface area contributed by atoms with E-state index < -0.39 is 23.0 Å². The van der Waals surface area contributed by atoms with E-state index in [0.29, 0.717) is 12.8 Å². The Bertz CT molecular complexity index is 1300. The number of thioether (sulfide) groups is 1. The molecule has 42 heavy (non-hydrogen) atoms. The first-order valence-corrected chi connectivity index (χ1v) is 16.1. The van der Waals surface area contributed by atoms with E-state index in [9.17, 15) is 14.7 Å². The van der Waals surface area contributed by atoms with Crippen LogP contribution in [-0.2, 0) is 20.9 Å². The first-order chi connectivity index (χ1) is 19.4. The van der Waals surface area contributed by atoms with Gasteiger partial charge in [0.2, 0.25) is 0 Å². The smallest absolute Gasteiger partial charge is 0.316 e. The number of carbonyl (C=O) groups excluding carboxylic acids is 2. The number of hydrogen-bond donors (Lipinski definition) is 1. The van der Waals surface area contributed by atoms with E-state index in [0.717, 1.165) is 30.7 Å². The third kappa shape index (κ3) is 5.86. The van der Waals surface area contributed by atoms with Crippen molar-refractivity contribution in [1.82, 2.24) is 0 Å². The second-order valence-electron chi connectivity index (χ2n) is 13.5. The first kappa shape index (κ1) is 33.2. The molecular formula is C35H46INO4S. The Kier molecular flexibility index (Phi) is 10.1. The third-order valence-electron chi connectivity index (χ3n) is 11.3. The summed E-state index contributed by atoms with van der Waals surface area (Å²) in [4.78, 5) is 28.0. The second-order valence-corrected chi connectivity index (χ2v) is 14.6. The number of ether oxygens (including phenoxy) is 1. The molecule has 1 heterocycles. The van der Waals surface area contributed by atoms with Gasteiger partial charge in [0.25, 0.3) is 0 Å². The number of aryl methyl sites for hydroxylation is 1. The van der Waals surface area contributed by atoms with Gasteiger partial charge in [-0.25, -0.2) is 4.57 Å². The summed E-state index contributed by atoms with van der Waals surface area (Å²) in [6.07, 6.45) is 8.50. The third-order valence-corrected chi connectivity index (χ3v) is 12.3. The molecule has 0 radical (unpaired) electrons. The van der Waals surface area contributed by atoms with Crippen molar-refractivity contribution in [2.45, 2.75) is 90.4 Å². The molecule has 3 fully saturated rings. The normalized spacial score (nSPS) is 35.8. The molecule has 0 spiro atoms. The Morgan fingerprint density at radius 1 is 1.14 bits per heavy atom. The van der Waals surface area contributed by atoms with Gasteiger partial charge in [-0.2, -0.15) is 0 Å². The fraction of sp³-hybridized carbons (Fsp3) is 0.571. The number of nitrogens with zero attached hydrogens (tertiary/aromatic N) is 1. The minimum Gasteiger partial charge on any atom is -1.00 e. The van der Waals surface area contributed by atoms with E-state index in [4.69, 9.17) is 4.74 Å². The fourth-order valence-electron chi connectivity index (χ4n) is 8.39. The second kappa shape index (κ2) is 12.7. The van der Waals surface area contributed by atoms with Crippen LogP contribution in [0.25, 0.3) is 0 Å². The summed E-state index contributed by atoms with van der Waals surface area (Å²) in [5.41, 5.74) is 1.12. The number of pyridine rings is 1. The van der Waals surface area contributed by atoms with Crippen LogP contribution in [0.1, 0.15) is 70.9 Å². The topological polar surface area (TPSA) is 67.5 Å². The number of halogens is 1. The van der Waals surface area contributed by atoms with Crippen LogP contribution in [0.5, 0.6) is 0 Å². The first-order valence-electron chi connectivity index (χ1n) is 15.1. The molecule has 8 atom stereocenters. The van der Waals surface area contributed by atoms with Crippen LogP contribution in [-0.4, -0.2) is 34.8 Å². The number of rotatable bonds is 7. The standard InChI is InChI=1S/C35H46NO4S.HI/c1-7-33(5)20-29(34(6)24(3)12-16-35(25(4)32(33)39)17-13-28(37)31(34)35)40-30(38)22-41-27-14-18-36(19-15-27)21-26-10-8-23(2)9-11-26;/h7-11,14-15,18-19,24-25,29,31-32,39H,1,12-13,16-17,20-22H2,2-6H3;1H/q+1;/p-1/t24-,25+,29-,31+,32+,33-,34+,35+;/m1./s1. The number of benzene rings is 1. The lowest BCUT2D eigenvalue weighted by Crippen LogP contribution is -3.00. The van der Waals surface area contributed by atoms with Crippen LogP contribution in [0, 0.1) is 40.9 Å². The number of carbonyl (C=O) groups is 2. The van der Waals surface area contributed by atoms with Gasteiger partial charge in [-0.15, -0.1) is 18.3 Å².